The van der Waals surface area contributed by atoms with Gasteiger partial charge in [0.15, 0.2) is 4.77 Å². The number of aromatic nitrogens is 2. The molecule has 0 bridgehead atoms. The maximum Gasteiger partial charge on any atom is 0.177 e. The zero-order valence-electron chi connectivity index (χ0n) is 8.67. The Labute approximate surface area is 89.1 Å². The van der Waals surface area contributed by atoms with Gasteiger partial charge in [0, 0.05) is 19.0 Å². The van der Waals surface area contributed by atoms with Crippen LogP contribution in [0, 0.1) is 11.7 Å². The molecule has 0 spiro atoms. The molecule has 4 heteroatoms. The lowest BCUT2D eigenvalue weighted by Crippen LogP contribution is -2.44. The molecule has 1 fully saturated rings. The fourth-order valence-corrected chi connectivity index (χ4v) is 2.58. The first kappa shape index (κ1) is 9.93. The second kappa shape index (κ2) is 3.51. The molecule has 1 saturated carbocycles. The second-order valence-corrected chi connectivity index (χ2v) is 4.51. The Bertz CT molecular complexity index is 376. The van der Waals surface area contributed by atoms with Crippen molar-refractivity contribution in [3.05, 3.63) is 16.7 Å². The highest BCUT2D eigenvalue weighted by molar-refractivity contribution is 7.71. The number of hydrogen-bond donors (Lipinski definition) is 1. The molecule has 0 aromatic carbocycles. The number of hydrogen-bond acceptors (Lipinski definition) is 2. The van der Waals surface area contributed by atoms with Crippen LogP contribution in [0.2, 0.25) is 0 Å². The van der Waals surface area contributed by atoms with E-state index in [4.69, 9.17) is 17.0 Å². The van der Waals surface area contributed by atoms with E-state index in [2.05, 4.69) is 15.7 Å². The SMILES string of the molecule is COCC1(n2cc(C)[nH]c2=S)CCC1. The lowest BCUT2D eigenvalue weighted by molar-refractivity contribution is 0.0263. The zero-order chi connectivity index (χ0) is 10.2. The number of nitrogens with zero attached hydrogens (tertiary/aromatic N) is 1. The summed E-state index contributed by atoms with van der Waals surface area (Å²) in [4.78, 5) is 3.16. The van der Waals surface area contributed by atoms with Crippen molar-refractivity contribution in [2.75, 3.05) is 13.7 Å². The third-order valence-corrected chi connectivity index (χ3v) is 3.35. The summed E-state index contributed by atoms with van der Waals surface area (Å²) < 4.78 is 8.28. The fourth-order valence-electron chi connectivity index (χ4n) is 2.17. The molecule has 0 radical (unpaired) electrons. The number of aryl methyl sites for hydroxylation is 1. The van der Waals surface area contributed by atoms with E-state index in [1.54, 1.807) is 7.11 Å². The van der Waals surface area contributed by atoms with E-state index in [0.29, 0.717) is 0 Å². The highest BCUT2D eigenvalue weighted by Crippen LogP contribution is 2.39. The first-order valence-corrected chi connectivity index (χ1v) is 5.36. The quantitative estimate of drug-likeness (QED) is 0.780. The van der Waals surface area contributed by atoms with E-state index in [-0.39, 0.29) is 5.54 Å². The Morgan fingerprint density at radius 3 is 2.71 bits per heavy atom. The molecule has 0 saturated heterocycles. The van der Waals surface area contributed by atoms with Crippen molar-refractivity contribution in [2.24, 2.45) is 0 Å². The summed E-state index contributed by atoms with van der Waals surface area (Å²) in [6.45, 7) is 2.80. The Morgan fingerprint density at radius 1 is 1.64 bits per heavy atom. The summed E-state index contributed by atoms with van der Waals surface area (Å²) in [7, 11) is 1.75. The second-order valence-electron chi connectivity index (χ2n) is 4.12. The molecule has 3 nitrogen and oxygen atoms in total. The number of imidazole rings is 1. The third-order valence-electron chi connectivity index (χ3n) is 3.05. The Morgan fingerprint density at radius 2 is 2.36 bits per heavy atom. The van der Waals surface area contributed by atoms with E-state index in [1.807, 2.05) is 6.92 Å². The zero-order valence-corrected chi connectivity index (χ0v) is 9.49. The monoisotopic (exact) mass is 212 g/mol. The molecule has 14 heavy (non-hydrogen) atoms. The van der Waals surface area contributed by atoms with Gasteiger partial charge in [0.05, 0.1) is 12.1 Å². The Hall–Kier alpha value is -0.610. The molecule has 1 heterocycles. The van der Waals surface area contributed by atoms with Gasteiger partial charge in [0.2, 0.25) is 0 Å². The summed E-state index contributed by atoms with van der Waals surface area (Å²) in [5.41, 5.74) is 1.26. The lowest BCUT2D eigenvalue weighted by Gasteiger charge is -2.42. The highest BCUT2D eigenvalue weighted by Gasteiger charge is 2.39. The predicted molar refractivity (Wildman–Crippen MR) is 58.1 cm³/mol. The van der Waals surface area contributed by atoms with Gasteiger partial charge in [-0.3, -0.25) is 0 Å². The molecule has 1 aliphatic carbocycles. The number of aromatic amines is 1. The van der Waals surface area contributed by atoms with Gasteiger partial charge in [-0.15, -0.1) is 0 Å². The number of H-pyrrole nitrogens is 1. The van der Waals surface area contributed by atoms with E-state index in [0.717, 1.165) is 17.1 Å². The van der Waals surface area contributed by atoms with Crippen molar-refractivity contribution in [1.29, 1.82) is 0 Å². The van der Waals surface area contributed by atoms with Gasteiger partial charge in [-0.05, 0) is 38.4 Å². The van der Waals surface area contributed by atoms with Gasteiger partial charge >= 0.3 is 0 Å². The minimum absolute atomic E-state index is 0.136. The van der Waals surface area contributed by atoms with Gasteiger partial charge in [0.1, 0.15) is 0 Å². The summed E-state index contributed by atoms with van der Waals surface area (Å²) in [6.07, 6.45) is 5.72. The van der Waals surface area contributed by atoms with Crippen molar-refractivity contribution in [2.45, 2.75) is 31.7 Å². The number of methoxy groups -OCH3 is 1. The van der Waals surface area contributed by atoms with E-state index >= 15 is 0 Å². The van der Waals surface area contributed by atoms with Crippen LogP contribution in [0.15, 0.2) is 6.20 Å². The summed E-state index contributed by atoms with van der Waals surface area (Å²) in [5.74, 6) is 0. The molecule has 0 aliphatic heterocycles. The summed E-state index contributed by atoms with van der Waals surface area (Å²) >= 11 is 5.29. The van der Waals surface area contributed by atoms with Crippen molar-refractivity contribution in [3.8, 4) is 0 Å². The number of nitrogens with one attached hydrogen (secondary N) is 1. The van der Waals surface area contributed by atoms with Crippen LogP contribution in [-0.2, 0) is 10.3 Å². The topological polar surface area (TPSA) is 29.9 Å². The van der Waals surface area contributed by atoms with E-state index in [1.165, 1.54) is 19.3 Å². The van der Waals surface area contributed by atoms with Gasteiger partial charge in [-0.25, -0.2) is 0 Å². The number of rotatable bonds is 3. The van der Waals surface area contributed by atoms with Gasteiger partial charge in [-0.2, -0.15) is 0 Å². The van der Waals surface area contributed by atoms with Crippen molar-refractivity contribution < 1.29 is 4.74 Å². The van der Waals surface area contributed by atoms with Gasteiger partial charge < -0.3 is 14.3 Å². The molecule has 1 aromatic rings. The van der Waals surface area contributed by atoms with E-state index < -0.39 is 0 Å². The molecule has 78 valence electrons. The van der Waals surface area contributed by atoms with Crippen molar-refractivity contribution >= 4 is 12.2 Å². The average Bonchev–Trinajstić information content (AvgIpc) is 2.38. The number of ether oxygens (including phenoxy) is 1. The van der Waals surface area contributed by atoms with Crippen LogP contribution in [0.3, 0.4) is 0 Å². The maximum atomic E-state index is 5.29. The molecule has 1 N–H and O–H groups in total. The van der Waals surface area contributed by atoms with Crippen molar-refractivity contribution in [1.82, 2.24) is 9.55 Å². The third kappa shape index (κ3) is 1.42. The van der Waals surface area contributed by atoms with Crippen molar-refractivity contribution in [3.63, 3.8) is 0 Å². The molecule has 0 atom stereocenters. The first-order valence-electron chi connectivity index (χ1n) is 4.96. The molecule has 1 aromatic heterocycles. The molecule has 0 unspecified atom stereocenters. The minimum Gasteiger partial charge on any atom is -0.382 e. The molecular formula is C10H16N2OS. The largest absolute Gasteiger partial charge is 0.382 e. The first-order chi connectivity index (χ1) is 6.68. The van der Waals surface area contributed by atoms with Crippen LogP contribution >= 0.6 is 12.2 Å². The molecule has 1 aliphatic rings. The smallest absolute Gasteiger partial charge is 0.177 e. The lowest BCUT2D eigenvalue weighted by atomic mass is 9.77. The normalized spacial score (nSPS) is 19.3. The van der Waals surface area contributed by atoms with Crippen LogP contribution in [0.5, 0.6) is 0 Å². The van der Waals surface area contributed by atoms with Crippen LogP contribution in [0.4, 0.5) is 0 Å². The van der Waals surface area contributed by atoms with Crippen LogP contribution < -0.4 is 0 Å². The van der Waals surface area contributed by atoms with Crippen LogP contribution in [0.1, 0.15) is 25.0 Å². The molecular weight excluding hydrogens is 196 g/mol. The molecule has 2 rings (SSSR count). The van der Waals surface area contributed by atoms with Gasteiger partial charge in [0.25, 0.3) is 0 Å². The standard InChI is InChI=1S/C10H16N2OS/c1-8-6-12(9(14)11-8)10(7-13-2)4-3-5-10/h6H,3-5,7H2,1-2H3,(H,11,14). The summed E-state index contributed by atoms with van der Waals surface area (Å²) in [5, 5.41) is 0. The fraction of sp³-hybridized carbons (Fsp3) is 0.700. The van der Waals surface area contributed by atoms with Gasteiger partial charge in [-0.1, -0.05) is 0 Å². The molecule has 0 amide bonds. The van der Waals surface area contributed by atoms with Crippen LogP contribution in [0.25, 0.3) is 0 Å². The predicted octanol–water partition coefficient (Wildman–Crippen LogP) is 2.38. The van der Waals surface area contributed by atoms with E-state index in [9.17, 15) is 0 Å². The van der Waals surface area contributed by atoms with Crippen LogP contribution in [-0.4, -0.2) is 23.3 Å². The Balaban J connectivity index is 2.36. The maximum absolute atomic E-state index is 5.29. The highest BCUT2D eigenvalue weighted by atomic mass is 32.1. The average molecular weight is 212 g/mol. The summed E-state index contributed by atoms with van der Waals surface area (Å²) in [6, 6.07) is 0. The Kier molecular flexibility index (Phi) is 2.49. The minimum atomic E-state index is 0.136.